The Morgan fingerprint density at radius 3 is 2.76 bits per heavy atom. The zero-order chi connectivity index (χ0) is 18.0. The summed E-state index contributed by atoms with van der Waals surface area (Å²) in [5, 5.41) is 14.1. The Labute approximate surface area is 156 Å². The first kappa shape index (κ1) is 18.2. The fourth-order valence-electron chi connectivity index (χ4n) is 3.22. The summed E-state index contributed by atoms with van der Waals surface area (Å²) in [5.41, 5.74) is 0.483. The number of rotatable bonds is 4. The second-order valence-electron chi connectivity index (χ2n) is 6.65. The number of aryl methyl sites for hydroxylation is 2. The molecule has 0 saturated heterocycles. The van der Waals surface area contributed by atoms with Crippen molar-refractivity contribution < 1.29 is 4.79 Å². The highest BCUT2D eigenvalue weighted by molar-refractivity contribution is 8.00. The van der Waals surface area contributed by atoms with Crippen molar-refractivity contribution in [3.05, 3.63) is 16.8 Å². The zero-order valence-electron chi connectivity index (χ0n) is 14.8. The van der Waals surface area contributed by atoms with Crippen LogP contribution >= 0.6 is 23.1 Å². The topological polar surface area (TPSA) is 78.7 Å². The van der Waals surface area contributed by atoms with E-state index >= 15 is 0 Å². The molecule has 0 bridgehead atoms. The van der Waals surface area contributed by atoms with E-state index in [1.807, 2.05) is 6.92 Å². The van der Waals surface area contributed by atoms with Crippen LogP contribution in [-0.2, 0) is 4.79 Å². The number of nitriles is 1. The molecule has 132 valence electrons. The lowest BCUT2D eigenvalue weighted by Crippen LogP contribution is -2.50. The molecule has 1 N–H and O–H groups in total. The average Bonchev–Trinajstić information content (AvgIpc) is 2.91. The van der Waals surface area contributed by atoms with Gasteiger partial charge < -0.3 is 5.32 Å². The molecular formula is C18H22N4OS2. The van der Waals surface area contributed by atoms with Gasteiger partial charge in [0, 0.05) is 10.3 Å². The maximum atomic E-state index is 12.7. The summed E-state index contributed by atoms with van der Waals surface area (Å²) in [6.45, 7) is 6.02. The molecule has 1 saturated carbocycles. The number of hydrogen-bond donors (Lipinski definition) is 1. The first-order valence-electron chi connectivity index (χ1n) is 8.56. The number of hydrogen-bond acceptors (Lipinski definition) is 6. The van der Waals surface area contributed by atoms with Crippen LogP contribution in [0.25, 0.3) is 10.2 Å². The summed E-state index contributed by atoms with van der Waals surface area (Å²) in [6.07, 6.45) is 6.17. The fourth-order valence-corrected chi connectivity index (χ4v) is 5.26. The highest BCUT2D eigenvalue weighted by Gasteiger charge is 2.35. The van der Waals surface area contributed by atoms with Crippen LogP contribution in [0.15, 0.2) is 11.4 Å². The number of thiophene rings is 1. The molecule has 1 fully saturated rings. The van der Waals surface area contributed by atoms with E-state index in [2.05, 4.69) is 35.2 Å². The SMILES string of the molecule is Cc1sc2ncnc(S[C@@H](C)C(=O)NC3(C#N)CCCCC3)c2c1C. The normalized spacial score (nSPS) is 17.8. The van der Waals surface area contributed by atoms with E-state index in [1.54, 1.807) is 17.7 Å². The maximum absolute atomic E-state index is 12.7. The van der Waals surface area contributed by atoms with Crippen LogP contribution in [0.1, 0.15) is 49.5 Å². The van der Waals surface area contributed by atoms with Gasteiger partial charge in [-0.05, 0) is 39.2 Å². The molecule has 1 aliphatic rings. The van der Waals surface area contributed by atoms with Crippen molar-refractivity contribution in [2.75, 3.05) is 0 Å². The Balaban J connectivity index is 1.77. The number of nitrogens with zero attached hydrogens (tertiary/aromatic N) is 3. The molecule has 2 aromatic rings. The molecular weight excluding hydrogens is 352 g/mol. The molecule has 2 heterocycles. The second-order valence-corrected chi connectivity index (χ2v) is 9.18. The van der Waals surface area contributed by atoms with Crippen molar-refractivity contribution in [3.8, 4) is 6.07 Å². The molecule has 0 aliphatic heterocycles. The Morgan fingerprint density at radius 2 is 2.08 bits per heavy atom. The molecule has 1 atom stereocenters. The van der Waals surface area contributed by atoms with Crippen molar-refractivity contribution in [1.82, 2.24) is 15.3 Å². The predicted octanol–water partition coefficient (Wildman–Crippen LogP) is 4.13. The molecule has 7 heteroatoms. The molecule has 1 amide bonds. The number of thioether (sulfide) groups is 1. The molecule has 0 radical (unpaired) electrons. The van der Waals surface area contributed by atoms with E-state index in [0.29, 0.717) is 0 Å². The number of carbonyl (C=O) groups excluding carboxylic acids is 1. The minimum atomic E-state index is -0.694. The first-order chi connectivity index (χ1) is 12.0. The summed E-state index contributed by atoms with van der Waals surface area (Å²) < 4.78 is 0. The van der Waals surface area contributed by atoms with Crippen LogP contribution in [0.3, 0.4) is 0 Å². The van der Waals surface area contributed by atoms with E-state index < -0.39 is 5.54 Å². The minimum absolute atomic E-state index is 0.0928. The standard InChI is InChI=1S/C18H22N4OS2/c1-11-12(2)24-16-14(11)17(21-10-20-16)25-13(3)15(23)22-18(9-19)7-5-4-6-8-18/h10,13H,4-8H2,1-3H3,(H,22,23)/t13-/m0/s1. The number of fused-ring (bicyclic) bond motifs is 1. The van der Waals surface area contributed by atoms with Crippen LogP contribution in [0.2, 0.25) is 0 Å². The van der Waals surface area contributed by atoms with Gasteiger partial charge in [0.2, 0.25) is 5.91 Å². The van der Waals surface area contributed by atoms with Crippen molar-refractivity contribution in [2.45, 2.75) is 68.7 Å². The van der Waals surface area contributed by atoms with Gasteiger partial charge in [0.15, 0.2) is 0 Å². The third kappa shape index (κ3) is 3.65. The van der Waals surface area contributed by atoms with E-state index in [9.17, 15) is 10.1 Å². The van der Waals surface area contributed by atoms with E-state index in [1.165, 1.54) is 22.2 Å². The molecule has 1 aliphatic carbocycles. The predicted molar refractivity (Wildman–Crippen MR) is 102 cm³/mol. The van der Waals surface area contributed by atoms with Gasteiger partial charge in [-0.25, -0.2) is 9.97 Å². The number of carbonyl (C=O) groups is 1. The molecule has 25 heavy (non-hydrogen) atoms. The largest absolute Gasteiger partial charge is 0.337 e. The summed E-state index contributed by atoms with van der Waals surface area (Å²) in [5.74, 6) is -0.0928. The summed E-state index contributed by atoms with van der Waals surface area (Å²) in [6, 6.07) is 2.34. The zero-order valence-corrected chi connectivity index (χ0v) is 16.4. The lowest BCUT2D eigenvalue weighted by atomic mass is 9.83. The van der Waals surface area contributed by atoms with Gasteiger partial charge in [-0.2, -0.15) is 5.26 Å². The van der Waals surface area contributed by atoms with Crippen LogP contribution in [-0.4, -0.2) is 26.7 Å². The van der Waals surface area contributed by atoms with Gasteiger partial charge in [0.05, 0.1) is 11.3 Å². The Bertz CT molecular complexity index is 833. The highest BCUT2D eigenvalue weighted by Crippen LogP contribution is 2.36. The lowest BCUT2D eigenvalue weighted by Gasteiger charge is -2.32. The smallest absolute Gasteiger partial charge is 0.234 e. The van der Waals surface area contributed by atoms with Crippen molar-refractivity contribution in [1.29, 1.82) is 5.26 Å². The summed E-state index contributed by atoms with van der Waals surface area (Å²) >= 11 is 3.09. The minimum Gasteiger partial charge on any atom is -0.337 e. The van der Waals surface area contributed by atoms with E-state index in [0.717, 1.165) is 47.3 Å². The second kappa shape index (κ2) is 7.30. The quantitative estimate of drug-likeness (QED) is 0.643. The maximum Gasteiger partial charge on any atom is 0.234 e. The van der Waals surface area contributed by atoms with Gasteiger partial charge in [0.1, 0.15) is 21.7 Å². The third-order valence-corrected chi connectivity index (χ3v) is 7.09. The van der Waals surface area contributed by atoms with Gasteiger partial charge in [-0.15, -0.1) is 11.3 Å². The monoisotopic (exact) mass is 374 g/mol. The number of nitrogens with one attached hydrogen (secondary N) is 1. The molecule has 0 spiro atoms. The Kier molecular flexibility index (Phi) is 5.30. The number of amides is 1. The summed E-state index contributed by atoms with van der Waals surface area (Å²) in [4.78, 5) is 23.6. The van der Waals surface area contributed by atoms with E-state index in [4.69, 9.17) is 0 Å². The van der Waals surface area contributed by atoms with Crippen molar-refractivity contribution in [2.24, 2.45) is 0 Å². The molecule has 3 rings (SSSR count). The van der Waals surface area contributed by atoms with Crippen LogP contribution in [0.5, 0.6) is 0 Å². The van der Waals surface area contributed by atoms with Gasteiger partial charge in [-0.3, -0.25) is 4.79 Å². The van der Waals surface area contributed by atoms with Crippen LogP contribution < -0.4 is 5.32 Å². The molecule has 0 unspecified atom stereocenters. The number of aromatic nitrogens is 2. The molecule has 0 aromatic carbocycles. The highest BCUT2D eigenvalue weighted by atomic mass is 32.2. The van der Waals surface area contributed by atoms with Crippen LogP contribution in [0, 0.1) is 25.2 Å². The van der Waals surface area contributed by atoms with Gasteiger partial charge >= 0.3 is 0 Å². The van der Waals surface area contributed by atoms with Crippen molar-refractivity contribution in [3.63, 3.8) is 0 Å². The molecule has 2 aromatic heterocycles. The first-order valence-corrected chi connectivity index (χ1v) is 10.3. The lowest BCUT2D eigenvalue weighted by molar-refractivity contribution is -0.121. The molecule has 5 nitrogen and oxygen atoms in total. The van der Waals surface area contributed by atoms with Gasteiger partial charge in [-0.1, -0.05) is 31.0 Å². The average molecular weight is 375 g/mol. The van der Waals surface area contributed by atoms with Crippen LogP contribution in [0.4, 0.5) is 0 Å². The fraction of sp³-hybridized carbons (Fsp3) is 0.556. The Morgan fingerprint density at radius 1 is 1.36 bits per heavy atom. The Hall–Kier alpha value is -1.65. The third-order valence-electron chi connectivity index (χ3n) is 4.87. The summed E-state index contributed by atoms with van der Waals surface area (Å²) in [7, 11) is 0. The van der Waals surface area contributed by atoms with Gasteiger partial charge in [0.25, 0.3) is 0 Å². The van der Waals surface area contributed by atoms with Crippen molar-refractivity contribution >= 4 is 39.2 Å². The van der Waals surface area contributed by atoms with E-state index in [-0.39, 0.29) is 11.2 Å².